The molecule has 1 N–H and O–H groups in total. The van der Waals surface area contributed by atoms with E-state index < -0.39 is 35.4 Å². The van der Waals surface area contributed by atoms with Gasteiger partial charge in [0.1, 0.15) is 11.2 Å². The van der Waals surface area contributed by atoms with Gasteiger partial charge in [0, 0.05) is 19.4 Å². The molecule has 1 fully saturated rings. The number of hydrogen-bond acceptors (Lipinski definition) is 8. The molecule has 33 heavy (non-hydrogen) atoms. The Balaban J connectivity index is 1.94. The maximum atomic E-state index is 13.0. The molecular formula is C19H17F3N6O3S2. The Bertz CT molecular complexity index is 1550. The molecule has 1 aliphatic rings. The van der Waals surface area contributed by atoms with Crippen molar-refractivity contribution >= 4 is 30.7 Å². The summed E-state index contributed by atoms with van der Waals surface area (Å²) in [7, 11) is -7.48. The molecule has 9 nitrogen and oxygen atoms in total. The number of nitrogens with one attached hydrogen (secondary N) is 1. The molecule has 0 bridgehead atoms. The number of alkyl halides is 3. The van der Waals surface area contributed by atoms with Crippen LogP contribution in [-0.2, 0) is 32.0 Å². The number of pyridine rings is 2. The van der Waals surface area contributed by atoms with E-state index in [0.29, 0.717) is 24.6 Å². The average Bonchev–Trinajstić information content (AvgIpc) is 3.50. The van der Waals surface area contributed by atoms with E-state index in [1.807, 2.05) is 0 Å². The average molecular weight is 499 g/mol. The Hall–Kier alpha value is -3.05. The van der Waals surface area contributed by atoms with Crippen LogP contribution in [0.1, 0.15) is 25.3 Å². The Kier molecular flexibility index (Phi) is 5.06. The number of aryl methyl sites for hydroxylation is 1. The number of nitrogens with zero attached hydrogens (tertiary/aromatic N) is 5. The lowest BCUT2D eigenvalue weighted by molar-refractivity contribution is -0.0406. The van der Waals surface area contributed by atoms with Gasteiger partial charge in [-0.3, -0.25) is 4.98 Å². The molecule has 0 spiro atoms. The van der Waals surface area contributed by atoms with E-state index in [9.17, 15) is 31.1 Å². The van der Waals surface area contributed by atoms with Gasteiger partial charge >= 0.3 is 5.51 Å². The Labute approximate surface area is 187 Å². The zero-order valence-corrected chi connectivity index (χ0v) is 19.0. The fraction of sp³-hybridized carbons (Fsp3) is 0.368. The summed E-state index contributed by atoms with van der Waals surface area (Å²) in [4.78, 5) is 11.3. The number of aromatic nitrogens is 4. The van der Waals surface area contributed by atoms with Gasteiger partial charge < -0.3 is 4.57 Å². The van der Waals surface area contributed by atoms with Crippen molar-refractivity contribution in [1.82, 2.24) is 19.5 Å². The maximum absolute atomic E-state index is 13.0. The minimum Gasteiger partial charge on any atom is -0.310 e. The predicted octanol–water partition coefficient (Wildman–Crippen LogP) is 3.30. The Morgan fingerprint density at radius 2 is 1.88 bits per heavy atom. The molecule has 174 valence electrons. The van der Waals surface area contributed by atoms with Crippen LogP contribution in [0.3, 0.4) is 0 Å². The normalized spacial score (nSPS) is 17.5. The summed E-state index contributed by atoms with van der Waals surface area (Å²) in [5.41, 5.74) is -5.65. The number of fused-ring (bicyclic) bond motifs is 1. The highest BCUT2D eigenvalue weighted by molar-refractivity contribution is 7.93. The lowest BCUT2D eigenvalue weighted by Gasteiger charge is -2.13. The van der Waals surface area contributed by atoms with Crippen molar-refractivity contribution in [2.24, 2.45) is 7.05 Å². The zero-order valence-electron chi connectivity index (χ0n) is 17.3. The van der Waals surface area contributed by atoms with E-state index in [2.05, 4.69) is 21.0 Å². The van der Waals surface area contributed by atoms with Gasteiger partial charge in [-0.25, -0.2) is 27.4 Å². The van der Waals surface area contributed by atoms with E-state index in [1.165, 1.54) is 30.8 Å². The van der Waals surface area contributed by atoms with Crippen LogP contribution in [0.15, 0.2) is 34.3 Å². The van der Waals surface area contributed by atoms with Crippen LogP contribution in [0.25, 0.3) is 22.7 Å². The van der Waals surface area contributed by atoms with E-state index in [4.69, 9.17) is 4.78 Å². The number of nitriles is 1. The molecule has 4 rings (SSSR count). The van der Waals surface area contributed by atoms with Crippen molar-refractivity contribution in [2.75, 3.05) is 5.75 Å². The van der Waals surface area contributed by atoms with Crippen LogP contribution in [0.5, 0.6) is 0 Å². The molecule has 3 heterocycles. The van der Waals surface area contributed by atoms with Gasteiger partial charge in [0.2, 0.25) is 0 Å². The van der Waals surface area contributed by atoms with Crippen LogP contribution in [0, 0.1) is 16.1 Å². The standard InChI is InChI=1S/C19H17F3N6O3S2/c1-3-32(29,30)14-6-11(18(10-23)4-5-18)8-25-15(14)17-27-13-7-12(9-26-16(13)28(17)2)33(24,31)19(20,21)22/h6-9,24H,3-5H2,1-2H3. The second-order valence-corrected chi connectivity index (χ2v) is 12.0. The van der Waals surface area contributed by atoms with Gasteiger partial charge in [0.15, 0.2) is 31.0 Å². The first-order chi connectivity index (χ1) is 15.3. The van der Waals surface area contributed by atoms with Crippen LogP contribution >= 0.6 is 0 Å². The summed E-state index contributed by atoms with van der Waals surface area (Å²) < 4.78 is 85.4. The maximum Gasteiger partial charge on any atom is 0.483 e. The van der Waals surface area contributed by atoms with Gasteiger partial charge in [0.25, 0.3) is 0 Å². The van der Waals surface area contributed by atoms with Gasteiger partial charge in [-0.2, -0.15) is 18.4 Å². The highest BCUT2D eigenvalue weighted by atomic mass is 32.2. The predicted molar refractivity (Wildman–Crippen MR) is 111 cm³/mol. The number of imidazole rings is 1. The minimum atomic E-state index is -5.29. The second kappa shape index (κ2) is 7.22. The summed E-state index contributed by atoms with van der Waals surface area (Å²) in [6, 6.07) is 4.44. The number of sulfone groups is 1. The molecule has 1 saturated carbocycles. The number of hydrogen-bond donors (Lipinski definition) is 1. The molecule has 1 unspecified atom stereocenters. The topological polar surface area (TPSA) is 142 Å². The minimum absolute atomic E-state index is 0.0125. The third kappa shape index (κ3) is 3.55. The molecule has 14 heteroatoms. The van der Waals surface area contributed by atoms with Crippen LogP contribution < -0.4 is 0 Å². The zero-order chi connectivity index (χ0) is 24.4. The number of rotatable bonds is 5. The van der Waals surface area contributed by atoms with E-state index in [-0.39, 0.29) is 33.3 Å². The molecule has 0 aliphatic heterocycles. The van der Waals surface area contributed by atoms with Crippen molar-refractivity contribution in [1.29, 1.82) is 10.0 Å². The third-order valence-corrected chi connectivity index (χ3v) is 8.92. The lowest BCUT2D eigenvalue weighted by atomic mass is 9.99. The van der Waals surface area contributed by atoms with E-state index in [1.54, 1.807) is 0 Å². The van der Waals surface area contributed by atoms with Crippen molar-refractivity contribution in [3.63, 3.8) is 0 Å². The van der Waals surface area contributed by atoms with Gasteiger partial charge in [-0.05, 0) is 30.5 Å². The SMILES string of the molecule is CCS(=O)(=O)c1cc(C2(C#N)CC2)cnc1-c1nc2cc(S(=N)(=O)C(F)(F)F)cnc2n1C. The van der Waals surface area contributed by atoms with E-state index >= 15 is 0 Å². The smallest absolute Gasteiger partial charge is 0.310 e. The Morgan fingerprint density at radius 1 is 1.21 bits per heavy atom. The quantitative estimate of drug-likeness (QED) is 0.569. The van der Waals surface area contributed by atoms with Crippen LogP contribution in [-0.4, -0.2) is 43.4 Å². The summed E-state index contributed by atoms with van der Waals surface area (Å²) in [6.45, 7) is 1.45. The first-order valence-electron chi connectivity index (χ1n) is 9.60. The summed E-state index contributed by atoms with van der Waals surface area (Å²) in [6.07, 6.45) is 3.26. The van der Waals surface area contributed by atoms with Gasteiger partial charge in [-0.15, -0.1) is 0 Å². The van der Waals surface area contributed by atoms with Crippen LogP contribution in [0.4, 0.5) is 13.2 Å². The highest BCUT2D eigenvalue weighted by Gasteiger charge is 2.46. The second-order valence-electron chi connectivity index (χ2n) is 7.68. The van der Waals surface area contributed by atoms with Gasteiger partial charge in [0.05, 0.1) is 27.0 Å². The largest absolute Gasteiger partial charge is 0.483 e. The first kappa shape index (κ1) is 23.1. The van der Waals surface area contributed by atoms with E-state index in [0.717, 1.165) is 6.07 Å². The van der Waals surface area contributed by atoms with Gasteiger partial charge in [-0.1, -0.05) is 6.92 Å². The lowest BCUT2D eigenvalue weighted by Crippen LogP contribution is -2.22. The van der Waals surface area contributed by atoms with Crippen LogP contribution in [0.2, 0.25) is 0 Å². The van der Waals surface area contributed by atoms with Crippen molar-refractivity contribution < 1.29 is 25.8 Å². The molecule has 0 radical (unpaired) electrons. The molecule has 1 aliphatic carbocycles. The number of halogens is 3. The summed E-state index contributed by atoms with van der Waals surface area (Å²) in [5.74, 6) is -0.234. The van der Waals surface area contributed by atoms with Crippen molar-refractivity contribution in [3.8, 4) is 17.6 Å². The molecule has 3 aromatic rings. The molecule has 3 aromatic heterocycles. The first-order valence-corrected chi connectivity index (χ1v) is 12.8. The summed E-state index contributed by atoms with van der Waals surface area (Å²) in [5, 5.41) is 9.46. The molecular weight excluding hydrogens is 481 g/mol. The molecule has 0 aromatic carbocycles. The molecule has 0 saturated heterocycles. The molecule has 1 atom stereocenters. The fourth-order valence-corrected chi connectivity index (χ4v) is 5.22. The van der Waals surface area contributed by atoms with Crippen molar-refractivity contribution in [2.45, 2.75) is 40.5 Å². The summed E-state index contributed by atoms with van der Waals surface area (Å²) >= 11 is 0. The third-order valence-electron chi connectivity index (χ3n) is 5.64. The monoisotopic (exact) mass is 498 g/mol. The molecule has 0 amide bonds. The van der Waals surface area contributed by atoms with Crippen molar-refractivity contribution in [3.05, 3.63) is 30.1 Å². The fourth-order valence-electron chi connectivity index (χ4n) is 3.42. The highest BCUT2D eigenvalue weighted by Crippen LogP contribution is 2.48. The Morgan fingerprint density at radius 3 is 2.42 bits per heavy atom.